The molecule has 0 aliphatic heterocycles. The molecule has 1 unspecified atom stereocenters. The van der Waals surface area contributed by atoms with Crippen LogP contribution in [-0.4, -0.2) is 28.3 Å². The van der Waals surface area contributed by atoms with E-state index < -0.39 is 6.10 Å². The monoisotopic (exact) mass is 311 g/mol. The molecular formula is C18H21N3O2. The highest BCUT2D eigenvalue weighted by Gasteiger charge is 2.10. The Kier molecular flexibility index (Phi) is 4.60. The minimum absolute atomic E-state index is 0.468. The highest BCUT2D eigenvalue weighted by atomic mass is 16.5. The molecule has 0 saturated heterocycles. The Balaban J connectivity index is 1.60. The number of aromatic nitrogens is 2. The number of aryl methyl sites for hydroxylation is 1. The summed E-state index contributed by atoms with van der Waals surface area (Å²) in [5.41, 5.74) is 2.96. The zero-order chi connectivity index (χ0) is 16.2. The van der Waals surface area contributed by atoms with Crippen LogP contribution >= 0.6 is 0 Å². The van der Waals surface area contributed by atoms with E-state index in [-0.39, 0.29) is 0 Å². The maximum absolute atomic E-state index is 10.2. The normalized spacial score (nSPS) is 12.5. The molecule has 5 heteroatoms. The van der Waals surface area contributed by atoms with Crippen molar-refractivity contribution in [1.82, 2.24) is 14.9 Å². The molecule has 1 heterocycles. The summed E-state index contributed by atoms with van der Waals surface area (Å²) in [6.07, 6.45) is -0.560. The number of nitrogens with one attached hydrogen (secondary N) is 1. The molecule has 3 rings (SSSR count). The number of aliphatic hydroxyl groups excluding tert-OH is 1. The van der Waals surface area contributed by atoms with E-state index >= 15 is 0 Å². The van der Waals surface area contributed by atoms with Gasteiger partial charge in [-0.1, -0.05) is 24.3 Å². The van der Waals surface area contributed by atoms with Gasteiger partial charge >= 0.3 is 0 Å². The number of fused-ring (bicyclic) bond motifs is 1. The van der Waals surface area contributed by atoms with Crippen molar-refractivity contribution in [2.24, 2.45) is 7.05 Å². The summed E-state index contributed by atoms with van der Waals surface area (Å²) >= 11 is 0. The van der Waals surface area contributed by atoms with Crippen LogP contribution in [0.3, 0.4) is 0 Å². The number of hydrogen-bond donors (Lipinski definition) is 2. The van der Waals surface area contributed by atoms with Crippen molar-refractivity contribution in [3.63, 3.8) is 0 Å². The van der Waals surface area contributed by atoms with E-state index in [1.165, 1.54) is 0 Å². The summed E-state index contributed by atoms with van der Waals surface area (Å²) in [4.78, 5) is 4.61. The second kappa shape index (κ2) is 6.81. The number of ether oxygens (including phenoxy) is 1. The molecule has 0 aliphatic rings. The number of rotatable bonds is 6. The highest BCUT2D eigenvalue weighted by Crippen LogP contribution is 2.17. The molecule has 1 aromatic heterocycles. The van der Waals surface area contributed by atoms with E-state index in [9.17, 15) is 5.11 Å². The first-order valence-corrected chi connectivity index (χ1v) is 7.62. The lowest BCUT2D eigenvalue weighted by Gasteiger charge is -2.12. The average Bonchev–Trinajstić information content (AvgIpc) is 2.91. The predicted octanol–water partition coefficient (Wildman–Crippen LogP) is 2.41. The number of aliphatic hydroxyl groups is 1. The summed E-state index contributed by atoms with van der Waals surface area (Å²) in [6.45, 7) is 1.08. The van der Waals surface area contributed by atoms with Crippen LogP contribution in [0.15, 0.2) is 48.5 Å². The van der Waals surface area contributed by atoms with Crippen LogP contribution < -0.4 is 10.1 Å². The Morgan fingerprint density at radius 1 is 1.17 bits per heavy atom. The third-order valence-electron chi connectivity index (χ3n) is 4.00. The summed E-state index contributed by atoms with van der Waals surface area (Å²) < 4.78 is 7.19. The molecule has 0 bridgehead atoms. The number of para-hydroxylation sites is 2. The minimum Gasteiger partial charge on any atom is -0.497 e. The van der Waals surface area contributed by atoms with E-state index in [0.717, 1.165) is 28.2 Å². The van der Waals surface area contributed by atoms with Gasteiger partial charge in [-0.2, -0.15) is 0 Å². The Bertz CT molecular complexity index is 781. The van der Waals surface area contributed by atoms with Crippen molar-refractivity contribution in [2.45, 2.75) is 12.6 Å². The van der Waals surface area contributed by atoms with Crippen molar-refractivity contribution in [1.29, 1.82) is 0 Å². The van der Waals surface area contributed by atoms with Crippen molar-refractivity contribution in [3.8, 4) is 5.75 Å². The molecule has 0 spiro atoms. The second-order valence-corrected chi connectivity index (χ2v) is 5.50. The van der Waals surface area contributed by atoms with Crippen molar-refractivity contribution >= 4 is 11.0 Å². The van der Waals surface area contributed by atoms with Gasteiger partial charge in [-0.05, 0) is 29.8 Å². The van der Waals surface area contributed by atoms with Gasteiger partial charge in [-0.3, -0.25) is 0 Å². The smallest absolute Gasteiger partial charge is 0.123 e. The third kappa shape index (κ3) is 3.36. The molecular weight excluding hydrogens is 290 g/mol. The molecule has 0 aliphatic carbocycles. The lowest BCUT2D eigenvalue weighted by Crippen LogP contribution is -2.22. The molecule has 0 amide bonds. The van der Waals surface area contributed by atoms with E-state index in [4.69, 9.17) is 4.74 Å². The number of benzene rings is 2. The molecule has 23 heavy (non-hydrogen) atoms. The zero-order valence-corrected chi connectivity index (χ0v) is 13.4. The highest BCUT2D eigenvalue weighted by molar-refractivity contribution is 5.75. The average molecular weight is 311 g/mol. The molecule has 5 nitrogen and oxygen atoms in total. The number of methoxy groups -OCH3 is 1. The fourth-order valence-corrected chi connectivity index (χ4v) is 2.62. The van der Waals surface area contributed by atoms with Gasteiger partial charge in [0.1, 0.15) is 11.6 Å². The number of imidazole rings is 1. The Morgan fingerprint density at radius 3 is 2.61 bits per heavy atom. The minimum atomic E-state index is -0.560. The SMILES string of the molecule is COc1ccc(C(O)CNCc2nc3ccccc3n2C)cc1. The maximum Gasteiger partial charge on any atom is 0.123 e. The van der Waals surface area contributed by atoms with Crippen LogP contribution in [0.25, 0.3) is 11.0 Å². The van der Waals surface area contributed by atoms with Crippen LogP contribution in [0, 0.1) is 0 Å². The second-order valence-electron chi connectivity index (χ2n) is 5.50. The summed E-state index contributed by atoms with van der Waals surface area (Å²) in [5, 5.41) is 13.5. The van der Waals surface area contributed by atoms with E-state index in [1.807, 2.05) is 49.5 Å². The van der Waals surface area contributed by atoms with Gasteiger partial charge in [0.25, 0.3) is 0 Å². The van der Waals surface area contributed by atoms with E-state index in [1.54, 1.807) is 7.11 Å². The van der Waals surface area contributed by atoms with Crippen molar-refractivity contribution in [3.05, 3.63) is 59.9 Å². The number of nitrogens with zero attached hydrogens (tertiary/aromatic N) is 2. The summed E-state index contributed by atoms with van der Waals surface area (Å²) in [5.74, 6) is 1.74. The van der Waals surface area contributed by atoms with Gasteiger partial charge in [0.2, 0.25) is 0 Å². The molecule has 2 N–H and O–H groups in total. The fourth-order valence-electron chi connectivity index (χ4n) is 2.62. The van der Waals surface area contributed by atoms with E-state index in [0.29, 0.717) is 13.1 Å². The molecule has 0 radical (unpaired) electrons. The van der Waals surface area contributed by atoms with Crippen LogP contribution in [-0.2, 0) is 13.6 Å². The van der Waals surface area contributed by atoms with Crippen LogP contribution in [0.1, 0.15) is 17.5 Å². The lowest BCUT2D eigenvalue weighted by atomic mass is 10.1. The maximum atomic E-state index is 10.2. The quantitative estimate of drug-likeness (QED) is 0.734. The van der Waals surface area contributed by atoms with Gasteiger partial charge in [-0.15, -0.1) is 0 Å². The zero-order valence-electron chi connectivity index (χ0n) is 13.4. The van der Waals surface area contributed by atoms with Gasteiger partial charge in [0.15, 0.2) is 0 Å². The first-order chi connectivity index (χ1) is 11.2. The molecule has 3 aromatic rings. The van der Waals surface area contributed by atoms with Gasteiger partial charge < -0.3 is 19.7 Å². The Hall–Kier alpha value is -2.37. The molecule has 1 atom stereocenters. The third-order valence-corrected chi connectivity index (χ3v) is 4.00. The van der Waals surface area contributed by atoms with E-state index in [2.05, 4.69) is 20.9 Å². The Morgan fingerprint density at radius 2 is 1.91 bits per heavy atom. The fraction of sp³-hybridized carbons (Fsp3) is 0.278. The van der Waals surface area contributed by atoms with Gasteiger partial charge in [0.05, 0.1) is 30.8 Å². The molecule has 2 aromatic carbocycles. The van der Waals surface area contributed by atoms with Gasteiger partial charge in [0, 0.05) is 13.6 Å². The van der Waals surface area contributed by atoms with Crippen molar-refractivity contribution < 1.29 is 9.84 Å². The van der Waals surface area contributed by atoms with Crippen molar-refractivity contribution in [2.75, 3.05) is 13.7 Å². The number of hydrogen-bond acceptors (Lipinski definition) is 4. The van der Waals surface area contributed by atoms with Crippen LogP contribution in [0.5, 0.6) is 5.75 Å². The first-order valence-electron chi connectivity index (χ1n) is 7.62. The summed E-state index contributed by atoms with van der Waals surface area (Å²) in [7, 11) is 3.63. The predicted molar refractivity (Wildman–Crippen MR) is 90.4 cm³/mol. The first kappa shape index (κ1) is 15.5. The molecule has 0 saturated carbocycles. The summed E-state index contributed by atoms with van der Waals surface area (Å²) in [6, 6.07) is 15.5. The van der Waals surface area contributed by atoms with Gasteiger partial charge in [-0.25, -0.2) is 4.98 Å². The molecule has 120 valence electrons. The Labute approximate surface area is 135 Å². The van der Waals surface area contributed by atoms with Crippen LogP contribution in [0.4, 0.5) is 0 Å². The molecule has 0 fully saturated rings. The topological polar surface area (TPSA) is 59.3 Å². The lowest BCUT2D eigenvalue weighted by molar-refractivity contribution is 0.174. The van der Waals surface area contributed by atoms with Crippen LogP contribution in [0.2, 0.25) is 0 Å². The largest absolute Gasteiger partial charge is 0.497 e. The standard InChI is InChI=1S/C18H21N3O2/c1-21-16-6-4-3-5-15(16)20-18(21)12-19-11-17(22)13-7-9-14(23-2)10-8-13/h3-10,17,19,22H,11-12H2,1-2H3.